The van der Waals surface area contributed by atoms with Crippen LogP contribution in [0.15, 0.2) is 34.3 Å². The Morgan fingerprint density at radius 2 is 2.14 bits per heavy atom. The largest absolute Gasteiger partial charge is 0.477 e. The topological polar surface area (TPSA) is 78.9 Å². The number of aryl methyl sites for hydroxylation is 1. The minimum Gasteiger partial charge on any atom is -0.477 e. The second-order valence-corrected chi connectivity index (χ2v) is 6.54. The number of carboxylic acids is 1. The van der Waals surface area contributed by atoms with E-state index in [0.717, 1.165) is 39.6 Å². The van der Waals surface area contributed by atoms with Gasteiger partial charge in [-0.2, -0.15) is 0 Å². The highest BCUT2D eigenvalue weighted by atomic mass is 127. The normalized spacial score (nSPS) is 11.6. The first-order chi connectivity index (χ1) is 10.1. The van der Waals surface area contributed by atoms with Crippen molar-refractivity contribution in [2.24, 2.45) is 0 Å². The zero-order valence-electron chi connectivity index (χ0n) is 11.3. The third kappa shape index (κ3) is 4.85. The summed E-state index contributed by atoms with van der Waals surface area (Å²) in [6.45, 7) is 2.05. The van der Waals surface area contributed by atoms with Crippen molar-refractivity contribution in [1.82, 2.24) is 15.2 Å². The molecule has 2 aromatic rings. The van der Waals surface area contributed by atoms with Gasteiger partial charge in [-0.25, -0.2) is 9.78 Å². The molecule has 0 saturated heterocycles. The average Bonchev–Trinajstić information content (AvgIpc) is 2.88. The lowest BCUT2D eigenvalue weighted by Gasteiger charge is -1.99. The Balaban J connectivity index is 2.18. The number of carbonyl (C=O) groups is 1. The second-order valence-electron chi connectivity index (χ2n) is 4.28. The SMILES string of the molecule is CCCc1nc(S/C(=C\c2ccc(I)cc2)C(=O)O)n[nH]1. The summed E-state index contributed by atoms with van der Waals surface area (Å²) in [6.07, 6.45) is 3.39. The fourth-order valence-electron chi connectivity index (χ4n) is 1.62. The summed E-state index contributed by atoms with van der Waals surface area (Å²) in [6, 6.07) is 7.63. The van der Waals surface area contributed by atoms with Crippen LogP contribution in [0.1, 0.15) is 24.7 Å². The molecule has 0 fully saturated rings. The third-order valence-electron chi connectivity index (χ3n) is 2.58. The minimum absolute atomic E-state index is 0.193. The molecular weight excluding hydrogens is 401 g/mol. The number of H-pyrrole nitrogens is 1. The number of nitrogens with one attached hydrogen (secondary N) is 1. The molecule has 0 aliphatic carbocycles. The number of nitrogens with zero attached hydrogens (tertiary/aromatic N) is 2. The van der Waals surface area contributed by atoms with Crippen molar-refractivity contribution in [1.29, 1.82) is 0 Å². The Hall–Kier alpha value is -1.35. The highest BCUT2D eigenvalue weighted by molar-refractivity contribution is 14.1. The third-order valence-corrected chi connectivity index (χ3v) is 4.17. The van der Waals surface area contributed by atoms with Crippen LogP contribution in [0.2, 0.25) is 0 Å². The maximum absolute atomic E-state index is 11.4. The van der Waals surface area contributed by atoms with E-state index in [0.29, 0.717) is 5.16 Å². The minimum atomic E-state index is -0.986. The van der Waals surface area contributed by atoms with Gasteiger partial charge >= 0.3 is 5.97 Å². The van der Waals surface area contributed by atoms with Crippen molar-refractivity contribution in [3.05, 3.63) is 44.1 Å². The molecule has 0 spiro atoms. The fourth-order valence-corrected chi connectivity index (χ4v) is 2.70. The quantitative estimate of drug-likeness (QED) is 0.429. The number of thioether (sulfide) groups is 1. The molecule has 0 atom stereocenters. The van der Waals surface area contributed by atoms with E-state index in [1.165, 1.54) is 0 Å². The van der Waals surface area contributed by atoms with Gasteiger partial charge in [-0.05, 0) is 64.5 Å². The molecule has 1 heterocycles. The summed E-state index contributed by atoms with van der Waals surface area (Å²) in [5, 5.41) is 16.6. The molecule has 1 aromatic carbocycles. The van der Waals surface area contributed by atoms with E-state index < -0.39 is 5.97 Å². The molecule has 5 nitrogen and oxygen atoms in total. The molecule has 0 saturated carbocycles. The summed E-state index contributed by atoms with van der Waals surface area (Å²) in [7, 11) is 0. The van der Waals surface area contributed by atoms with Gasteiger partial charge in [0.15, 0.2) is 0 Å². The summed E-state index contributed by atoms with van der Waals surface area (Å²) < 4.78 is 1.10. The highest BCUT2D eigenvalue weighted by Gasteiger charge is 2.13. The molecule has 0 aliphatic rings. The van der Waals surface area contributed by atoms with Crippen LogP contribution in [0.5, 0.6) is 0 Å². The number of halogens is 1. The number of carboxylic acid groups (broad SMARTS) is 1. The van der Waals surface area contributed by atoms with Gasteiger partial charge in [-0.3, -0.25) is 5.10 Å². The molecule has 1 aromatic heterocycles. The van der Waals surface area contributed by atoms with Gasteiger partial charge in [0.05, 0.1) is 0 Å². The van der Waals surface area contributed by atoms with E-state index in [1.807, 2.05) is 24.3 Å². The van der Waals surface area contributed by atoms with E-state index in [9.17, 15) is 9.90 Å². The van der Waals surface area contributed by atoms with Crippen molar-refractivity contribution in [2.45, 2.75) is 24.9 Å². The number of rotatable bonds is 6. The van der Waals surface area contributed by atoms with Gasteiger partial charge in [0.2, 0.25) is 5.16 Å². The van der Waals surface area contributed by atoms with Crippen molar-refractivity contribution in [3.63, 3.8) is 0 Å². The predicted octanol–water partition coefficient (Wildman–Crippen LogP) is 3.58. The first-order valence-electron chi connectivity index (χ1n) is 6.38. The lowest BCUT2D eigenvalue weighted by atomic mass is 10.2. The molecule has 110 valence electrons. The smallest absolute Gasteiger partial charge is 0.342 e. The Morgan fingerprint density at radius 3 is 2.76 bits per heavy atom. The standard InChI is InChI=1S/C14H14IN3O2S/c1-2-3-12-16-14(18-17-12)21-11(13(19)20)8-9-4-6-10(15)7-5-9/h4-8H,2-3H2,1H3,(H,19,20)(H,16,17,18)/b11-8-. The van der Waals surface area contributed by atoms with Crippen molar-refractivity contribution >= 4 is 46.4 Å². The zero-order chi connectivity index (χ0) is 15.2. The number of aromatic amines is 1. The van der Waals surface area contributed by atoms with Gasteiger partial charge in [0.1, 0.15) is 10.7 Å². The van der Waals surface area contributed by atoms with Gasteiger partial charge in [-0.1, -0.05) is 19.1 Å². The molecule has 2 N–H and O–H groups in total. The van der Waals surface area contributed by atoms with E-state index in [4.69, 9.17) is 0 Å². The number of benzene rings is 1. The Labute approximate surface area is 140 Å². The molecule has 0 radical (unpaired) electrons. The molecule has 2 rings (SSSR count). The van der Waals surface area contributed by atoms with Crippen LogP contribution in [0.4, 0.5) is 0 Å². The summed E-state index contributed by atoms with van der Waals surface area (Å²) in [5.41, 5.74) is 0.838. The van der Waals surface area contributed by atoms with Crippen molar-refractivity contribution in [2.75, 3.05) is 0 Å². The first-order valence-corrected chi connectivity index (χ1v) is 8.27. The first kappa shape index (κ1) is 16.0. The zero-order valence-corrected chi connectivity index (χ0v) is 14.3. The molecule has 0 unspecified atom stereocenters. The number of aromatic nitrogens is 3. The van der Waals surface area contributed by atoms with Crippen LogP contribution in [-0.2, 0) is 11.2 Å². The second kappa shape index (κ2) is 7.60. The van der Waals surface area contributed by atoms with Crippen molar-refractivity contribution < 1.29 is 9.90 Å². The number of hydrogen-bond acceptors (Lipinski definition) is 4. The van der Waals surface area contributed by atoms with Crippen LogP contribution >= 0.6 is 34.4 Å². The summed E-state index contributed by atoms with van der Waals surface area (Å²) in [4.78, 5) is 15.8. The lowest BCUT2D eigenvalue weighted by molar-refractivity contribution is -0.131. The van der Waals surface area contributed by atoms with E-state index in [2.05, 4.69) is 44.7 Å². The van der Waals surface area contributed by atoms with Crippen molar-refractivity contribution in [3.8, 4) is 0 Å². The highest BCUT2D eigenvalue weighted by Crippen LogP contribution is 2.26. The van der Waals surface area contributed by atoms with Crippen LogP contribution in [-0.4, -0.2) is 26.3 Å². The van der Waals surface area contributed by atoms with E-state index >= 15 is 0 Å². The fraction of sp³-hybridized carbons (Fsp3) is 0.214. The summed E-state index contributed by atoms with van der Waals surface area (Å²) >= 11 is 3.26. The maximum atomic E-state index is 11.4. The van der Waals surface area contributed by atoms with Gasteiger partial charge in [0.25, 0.3) is 0 Å². The van der Waals surface area contributed by atoms with Crippen LogP contribution < -0.4 is 0 Å². The van der Waals surface area contributed by atoms with E-state index in [-0.39, 0.29) is 4.91 Å². The Morgan fingerprint density at radius 1 is 1.43 bits per heavy atom. The molecule has 0 bridgehead atoms. The Bertz CT molecular complexity index is 652. The van der Waals surface area contributed by atoms with Crippen LogP contribution in [0.25, 0.3) is 6.08 Å². The van der Waals surface area contributed by atoms with Gasteiger partial charge in [0, 0.05) is 9.99 Å². The van der Waals surface area contributed by atoms with Crippen LogP contribution in [0.3, 0.4) is 0 Å². The average molecular weight is 415 g/mol. The molecule has 0 amide bonds. The van der Waals surface area contributed by atoms with Gasteiger partial charge in [-0.15, -0.1) is 5.10 Å². The lowest BCUT2D eigenvalue weighted by Crippen LogP contribution is -1.97. The molecule has 7 heteroatoms. The summed E-state index contributed by atoms with van der Waals surface area (Å²) in [5.74, 6) is -0.209. The van der Waals surface area contributed by atoms with Gasteiger partial charge < -0.3 is 5.11 Å². The number of hydrogen-bond donors (Lipinski definition) is 2. The molecular formula is C14H14IN3O2S. The predicted molar refractivity (Wildman–Crippen MR) is 91.0 cm³/mol. The molecule has 0 aliphatic heterocycles. The molecule has 21 heavy (non-hydrogen) atoms. The number of aliphatic carboxylic acids is 1. The monoisotopic (exact) mass is 415 g/mol. The van der Waals surface area contributed by atoms with E-state index in [1.54, 1.807) is 6.08 Å². The Kier molecular flexibility index (Phi) is 5.80. The van der Waals surface area contributed by atoms with Crippen LogP contribution in [0, 0.1) is 3.57 Å². The maximum Gasteiger partial charge on any atom is 0.342 e.